The molecule has 0 saturated carbocycles. The number of para-hydroxylation sites is 2. The van der Waals surface area contributed by atoms with Crippen molar-refractivity contribution in [2.24, 2.45) is 23.7 Å². The van der Waals surface area contributed by atoms with Crippen molar-refractivity contribution >= 4 is 43.4 Å². The molecule has 7 unspecified atom stereocenters. The molecule has 302 valence electrons. The van der Waals surface area contributed by atoms with Crippen molar-refractivity contribution in [2.75, 3.05) is 19.6 Å². The van der Waals surface area contributed by atoms with Gasteiger partial charge in [-0.1, -0.05) is 97.1 Å². The molecule has 6 nitrogen and oxygen atoms in total. The van der Waals surface area contributed by atoms with Gasteiger partial charge in [0.15, 0.2) is 0 Å². The molecule has 60 heavy (non-hydrogen) atoms. The normalized spacial score (nSPS) is 29.6. The molecule has 2 N–H and O–H groups in total. The fourth-order valence-corrected chi connectivity index (χ4v) is 12.9. The van der Waals surface area contributed by atoms with E-state index in [1.54, 1.807) is 0 Å². The van der Waals surface area contributed by atoms with Crippen LogP contribution in [0.5, 0.6) is 0 Å². The summed E-state index contributed by atoms with van der Waals surface area (Å²) in [4.78, 5) is 11.9. The second-order valence-corrected chi connectivity index (χ2v) is 18.6. The number of benzene rings is 5. The van der Waals surface area contributed by atoms with Crippen molar-refractivity contribution in [1.82, 2.24) is 14.9 Å². The maximum Gasteiger partial charge on any atom is 0.131 e. The van der Waals surface area contributed by atoms with E-state index in [1.807, 2.05) is 48.8 Å². The van der Waals surface area contributed by atoms with Crippen LogP contribution in [0.1, 0.15) is 60.1 Å². The number of aromatic nitrogens is 2. The van der Waals surface area contributed by atoms with Gasteiger partial charge in [0.1, 0.15) is 18.7 Å². The number of quaternary nitrogens is 1. The molecule has 7 aromatic rings. The number of pyridine rings is 2. The molecule has 0 aliphatic carbocycles. The molecule has 13 rings (SSSR count). The summed E-state index contributed by atoms with van der Waals surface area (Å²) in [5.41, 5.74) is 6.62. The third-order valence-corrected chi connectivity index (χ3v) is 15.8. The molecular formula is C54H55N4O2+. The van der Waals surface area contributed by atoms with Crippen LogP contribution in [0.3, 0.4) is 0 Å². The number of rotatable bonds is 10. The van der Waals surface area contributed by atoms with Crippen LogP contribution in [0.25, 0.3) is 43.4 Å². The summed E-state index contributed by atoms with van der Waals surface area (Å²) in [5.74, 6) is 1.85. The molecule has 5 aromatic carbocycles. The first-order valence-corrected chi connectivity index (χ1v) is 22.3. The van der Waals surface area contributed by atoms with Gasteiger partial charge in [0.2, 0.25) is 0 Å². The highest BCUT2D eigenvalue weighted by molar-refractivity contribution is 6.05. The third kappa shape index (κ3) is 6.06. The zero-order valence-corrected chi connectivity index (χ0v) is 34.4. The number of hydrogen-bond donors (Lipinski definition) is 2. The summed E-state index contributed by atoms with van der Waals surface area (Å²) in [6.45, 7) is 12.4. The zero-order valence-electron chi connectivity index (χ0n) is 34.4. The van der Waals surface area contributed by atoms with Crippen molar-refractivity contribution in [3.05, 3.63) is 169 Å². The van der Waals surface area contributed by atoms with E-state index in [1.165, 1.54) is 32.7 Å². The molecule has 6 fully saturated rings. The summed E-state index contributed by atoms with van der Waals surface area (Å²) < 4.78 is 0.850. The Hall–Kier alpha value is -5.24. The van der Waals surface area contributed by atoms with E-state index >= 15 is 0 Å². The molecule has 11 atom stereocenters. The number of nitrogens with zero attached hydrogens (tertiary/aromatic N) is 4. The highest BCUT2D eigenvalue weighted by atomic mass is 16.3. The second-order valence-electron chi connectivity index (χ2n) is 18.6. The number of aliphatic hydroxyl groups excluding tert-OH is 2. The van der Waals surface area contributed by atoms with Gasteiger partial charge in [-0.3, -0.25) is 14.9 Å². The monoisotopic (exact) mass is 791 g/mol. The molecule has 8 heterocycles. The van der Waals surface area contributed by atoms with Crippen LogP contribution in [0.15, 0.2) is 147 Å². The van der Waals surface area contributed by atoms with Crippen LogP contribution in [-0.2, 0) is 13.0 Å². The summed E-state index contributed by atoms with van der Waals surface area (Å²) in [6, 6.07) is 39.1. The number of hydrogen-bond acceptors (Lipinski definition) is 5. The van der Waals surface area contributed by atoms with Gasteiger partial charge in [0.25, 0.3) is 0 Å². The predicted molar refractivity (Wildman–Crippen MR) is 243 cm³/mol. The molecule has 0 spiro atoms. The molecule has 6 saturated heterocycles. The van der Waals surface area contributed by atoms with E-state index in [2.05, 4.69) is 113 Å². The summed E-state index contributed by atoms with van der Waals surface area (Å²) in [7, 11) is 0. The predicted octanol–water partition coefficient (Wildman–Crippen LogP) is 10.3. The van der Waals surface area contributed by atoms with E-state index < -0.39 is 12.2 Å². The van der Waals surface area contributed by atoms with Crippen LogP contribution in [0.4, 0.5) is 0 Å². The largest absolute Gasteiger partial charge is 0.387 e. The van der Waals surface area contributed by atoms with Gasteiger partial charge in [-0.2, -0.15) is 0 Å². The van der Waals surface area contributed by atoms with Crippen molar-refractivity contribution < 1.29 is 14.7 Å². The van der Waals surface area contributed by atoms with E-state index in [9.17, 15) is 10.2 Å². The fraction of sp³-hybridized carbons (Fsp3) is 0.333. The van der Waals surface area contributed by atoms with Crippen molar-refractivity contribution in [3.8, 4) is 0 Å². The van der Waals surface area contributed by atoms with Gasteiger partial charge in [-0.15, -0.1) is 13.2 Å². The lowest BCUT2D eigenvalue weighted by molar-refractivity contribution is -0.984. The number of aliphatic hydroxyl groups is 2. The van der Waals surface area contributed by atoms with E-state index in [4.69, 9.17) is 0 Å². The molecule has 0 amide bonds. The summed E-state index contributed by atoms with van der Waals surface area (Å²) >= 11 is 0. The van der Waals surface area contributed by atoms with Crippen molar-refractivity contribution in [3.63, 3.8) is 0 Å². The summed E-state index contributed by atoms with van der Waals surface area (Å²) in [5, 5.41) is 32.3. The van der Waals surface area contributed by atoms with Gasteiger partial charge in [0, 0.05) is 66.1 Å². The van der Waals surface area contributed by atoms with Gasteiger partial charge in [-0.05, 0) is 99.5 Å². The number of fused-ring (bicyclic) bond motifs is 10. The standard InChI is InChI=1S/C54H55N4O2/c1-3-34-31-57-38(27-37(34)28-51(57)53(59)45-21-24-55-49-19-11-9-17-43(45)49)30-47-39-13-5-7-15-41(39)48(42-16-8-6-14-40(42)47)33-58-26-23-36(35(4-2)32-58)29-52(58)54(60)46-22-25-56-50-20-12-10-18-44(46)50/h3-22,24-25,34-38,51-54,59-60H,1-2,23,26-33H2/q+1/t34?,35?,36?,37?,38?,51-,52-,53+,54+,58?/m1/s1. The van der Waals surface area contributed by atoms with E-state index in [0.717, 1.165) is 95.7 Å². The first-order chi connectivity index (χ1) is 29.4. The molecule has 6 aliphatic heterocycles. The van der Waals surface area contributed by atoms with Crippen LogP contribution in [0, 0.1) is 23.7 Å². The Morgan fingerprint density at radius 2 is 1.18 bits per heavy atom. The Labute approximate surface area is 353 Å². The highest BCUT2D eigenvalue weighted by Crippen LogP contribution is 2.51. The Kier molecular flexibility index (Phi) is 9.46. The Morgan fingerprint density at radius 3 is 1.77 bits per heavy atom. The van der Waals surface area contributed by atoms with Crippen LogP contribution in [-0.4, -0.2) is 67.3 Å². The Bertz CT molecular complexity index is 2720. The molecule has 2 aromatic heterocycles. The lowest BCUT2D eigenvalue weighted by Gasteiger charge is -2.58. The maximum atomic E-state index is 12.6. The number of piperidine rings is 6. The van der Waals surface area contributed by atoms with Crippen LogP contribution >= 0.6 is 0 Å². The zero-order chi connectivity index (χ0) is 40.5. The third-order valence-electron chi connectivity index (χ3n) is 15.8. The smallest absolute Gasteiger partial charge is 0.131 e. The molecule has 0 radical (unpaired) electrons. The summed E-state index contributed by atoms with van der Waals surface area (Å²) in [6.07, 6.45) is 12.0. The highest BCUT2D eigenvalue weighted by Gasteiger charge is 2.54. The molecule has 6 heteroatoms. The van der Waals surface area contributed by atoms with Crippen LogP contribution < -0.4 is 0 Å². The molecular weight excluding hydrogens is 737 g/mol. The van der Waals surface area contributed by atoms with Gasteiger partial charge in [0.05, 0.1) is 30.2 Å². The Morgan fingerprint density at radius 1 is 0.633 bits per heavy atom. The van der Waals surface area contributed by atoms with Gasteiger partial charge >= 0.3 is 0 Å². The lowest BCUT2D eigenvalue weighted by atomic mass is 9.69. The second kappa shape index (κ2) is 15.0. The maximum absolute atomic E-state index is 12.6. The van der Waals surface area contributed by atoms with Crippen LogP contribution in [0.2, 0.25) is 0 Å². The minimum absolute atomic E-state index is 0.0177. The van der Waals surface area contributed by atoms with Gasteiger partial charge < -0.3 is 14.7 Å². The fourth-order valence-electron chi connectivity index (χ4n) is 12.9. The van der Waals surface area contributed by atoms with E-state index in [0.29, 0.717) is 23.7 Å². The minimum Gasteiger partial charge on any atom is -0.387 e. The average molecular weight is 792 g/mol. The topological polar surface area (TPSA) is 69.5 Å². The first-order valence-electron chi connectivity index (χ1n) is 22.3. The van der Waals surface area contributed by atoms with Gasteiger partial charge in [-0.25, -0.2) is 0 Å². The Balaban J connectivity index is 0.991. The van der Waals surface area contributed by atoms with Crippen molar-refractivity contribution in [2.45, 2.75) is 69.0 Å². The first kappa shape index (κ1) is 37.7. The minimum atomic E-state index is -0.611. The van der Waals surface area contributed by atoms with E-state index in [-0.39, 0.29) is 18.1 Å². The van der Waals surface area contributed by atoms with Crippen molar-refractivity contribution in [1.29, 1.82) is 0 Å². The molecule has 6 aliphatic rings. The quantitative estimate of drug-likeness (QED) is 0.0820. The SMILES string of the molecule is C=CC1CN2C(Cc3c4ccccc4c(C[N+]45CCC(C[C@@H]4[C@@H](O)c4ccnc6ccccc46)C(C=C)C5)c4ccccc34)CC1C[C@@H]2[C@@H](O)c1ccnc2ccccc12. The lowest BCUT2D eigenvalue weighted by Crippen LogP contribution is -2.67. The molecule has 4 bridgehead atoms. The average Bonchev–Trinajstić information content (AvgIpc) is 3.31.